The van der Waals surface area contributed by atoms with E-state index in [-0.39, 0.29) is 12.5 Å². The Morgan fingerprint density at radius 1 is 1.08 bits per heavy atom. The molecule has 0 radical (unpaired) electrons. The summed E-state index contributed by atoms with van der Waals surface area (Å²) in [5.41, 5.74) is 1.03. The third kappa shape index (κ3) is 4.11. The Labute approximate surface area is 150 Å². The maximum absolute atomic E-state index is 12.2. The van der Waals surface area contributed by atoms with Crippen molar-refractivity contribution in [1.29, 1.82) is 0 Å². The summed E-state index contributed by atoms with van der Waals surface area (Å²) in [5.74, 6) is 0.216. The van der Waals surface area contributed by atoms with Gasteiger partial charge in [-0.1, -0.05) is 18.2 Å². The summed E-state index contributed by atoms with van der Waals surface area (Å²) in [4.78, 5) is 28.5. The van der Waals surface area contributed by atoms with E-state index in [1.54, 1.807) is 29.5 Å². The van der Waals surface area contributed by atoms with E-state index in [0.29, 0.717) is 31.1 Å². The Bertz CT molecular complexity index is 724. The second-order valence-corrected chi connectivity index (χ2v) is 6.54. The number of carbonyl (C=O) groups excluding carboxylic acids is 2. The van der Waals surface area contributed by atoms with Crippen molar-refractivity contribution in [3.63, 3.8) is 0 Å². The number of anilines is 1. The van der Waals surface area contributed by atoms with Crippen LogP contribution in [0.4, 0.5) is 5.69 Å². The van der Waals surface area contributed by atoms with Crippen molar-refractivity contribution in [3.05, 3.63) is 46.7 Å². The molecule has 1 amide bonds. The molecule has 0 unspecified atom stereocenters. The SMILES string of the molecule is COc1ccccc1N1CCN(C(=O)COC(=O)c2cccs2)CC1. The Kier molecular flexibility index (Phi) is 5.55. The zero-order valence-electron chi connectivity index (χ0n) is 14.0. The molecule has 0 atom stereocenters. The number of nitrogens with zero attached hydrogens (tertiary/aromatic N) is 2. The Balaban J connectivity index is 1.50. The lowest BCUT2D eigenvalue weighted by Gasteiger charge is -2.36. The van der Waals surface area contributed by atoms with Crippen LogP contribution in [0.1, 0.15) is 9.67 Å². The minimum absolute atomic E-state index is 0.162. The maximum Gasteiger partial charge on any atom is 0.348 e. The van der Waals surface area contributed by atoms with Gasteiger partial charge in [-0.2, -0.15) is 0 Å². The highest BCUT2D eigenvalue weighted by molar-refractivity contribution is 7.11. The van der Waals surface area contributed by atoms with E-state index >= 15 is 0 Å². The summed E-state index contributed by atoms with van der Waals surface area (Å²) in [6, 6.07) is 11.3. The number of ether oxygens (including phenoxy) is 2. The molecule has 6 nitrogen and oxygen atoms in total. The predicted octanol–water partition coefficient (Wildman–Crippen LogP) is 2.26. The molecule has 1 fully saturated rings. The van der Waals surface area contributed by atoms with Crippen LogP contribution in [0, 0.1) is 0 Å². The van der Waals surface area contributed by atoms with Crippen LogP contribution in [0.2, 0.25) is 0 Å². The van der Waals surface area contributed by atoms with E-state index in [1.165, 1.54) is 11.3 Å². The Morgan fingerprint density at radius 3 is 2.52 bits per heavy atom. The van der Waals surface area contributed by atoms with Crippen molar-refractivity contribution < 1.29 is 19.1 Å². The van der Waals surface area contributed by atoms with Gasteiger partial charge in [0.2, 0.25) is 0 Å². The van der Waals surface area contributed by atoms with Crippen LogP contribution in [-0.4, -0.2) is 56.7 Å². The first-order valence-corrected chi connectivity index (χ1v) is 8.93. The molecule has 2 heterocycles. The van der Waals surface area contributed by atoms with Crippen molar-refractivity contribution in [2.45, 2.75) is 0 Å². The molecule has 1 saturated heterocycles. The van der Waals surface area contributed by atoms with Crippen LogP contribution in [-0.2, 0) is 9.53 Å². The number of thiophene rings is 1. The summed E-state index contributed by atoms with van der Waals surface area (Å²) in [6.07, 6.45) is 0. The maximum atomic E-state index is 12.2. The number of piperazine rings is 1. The van der Waals surface area contributed by atoms with Crippen molar-refractivity contribution in [2.24, 2.45) is 0 Å². The molecule has 0 bridgehead atoms. The second-order valence-electron chi connectivity index (χ2n) is 5.59. The van der Waals surface area contributed by atoms with Gasteiger partial charge in [-0.3, -0.25) is 4.79 Å². The van der Waals surface area contributed by atoms with E-state index < -0.39 is 5.97 Å². The van der Waals surface area contributed by atoms with E-state index in [9.17, 15) is 9.59 Å². The Hall–Kier alpha value is -2.54. The van der Waals surface area contributed by atoms with Crippen molar-refractivity contribution in [1.82, 2.24) is 4.90 Å². The largest absolute Gasteiger partial charge is 0.495 e. The van der Waals surface area contributed by atoms with Gasteiger partial charge in [0.05, 0.1) is 12.8 Å². The molecule has 25 heavy (non-hydrogen) atoms. The lowest BCUT2D eigenvalue weighted by molar-refractivity contribution is -0.134. The number of benzene rings is 1. The number of hydrogen-bond acceptors (Lipinski definition) is 6. The van der Waals surface area contributed by atoms with Gasteiger partial charge >= 0.3 is 5.97 Å². The topological polar surface area (TPSA) is 59.1 Å². The number of esters is 1. The number of para-hydroxylation sites is 2. The quantitative estimate of drug-likeness (QED) is 0.766. The highest BCUT2D eigenvalue weighted by Crippen LogP contribution is 2.28. The Morgan fingerprint density at radius 2 is 1.84 bits per heavy atom. The fourth-order valence-corrected chi connectivity index (χ4v) is 3.39. The third-order valence-corrected chi connectivity index (χ3v) is 4.96. The molecule has 2 aromatic rings. The van der Waals surface area contributed by atoms with Gasteiger partial charge in [0.25, 0.3) is 5.91 Å². The lowest BCUT2D eigenvalue weighted by Crippen LogP contribution is -2.50. The summed E-state index contributed by atoms with van der Waals surface area (Å²) in [7, 11) is 1.65. The van der Waals surface area contributed by atoms with E-state index in [1.807, 2.05) is 24.3 Å². The highest BCUT2D eigenvalue weighted by Gasteiger charge is 2.23. The van der Waals surface area contributed by atoms with Crippen LogP contribution in [0.5, 0.6) is 5.75 Å². The second kappa shape index (κ2) is 8.02. The number of amides is 1. The number of hydrogen-bond donors (Lipinski definition) is 0. The fourth-order valence-electron chi connectivity index (χ4n) is 2.77. The zero-order valence-corrected chi connectivity index (χ0v) is 14.8. The molecule has 0 spiro atoms. The van der Waals surface area contributed by atoms with Gasteiger partial charge in [0.15, 0.2) is 6.61 Å². The monoisotopic (exact) mass is 360 g/mol. The molecule has 1 aliphatic heterocycles. The molecule has 0 saturated carbocycles. The average Bonchev–Trinajstić information content (AvgIpc) is 3.21. The summed E-state index contributed by atoms with van der Waals surface area (Å²) in [6.45, 7) is 2.39. The minimum Gasteiger partial charge on any atom is -0.495 e. The van der Waals surface area contributed by atoms with Crippen LogP contribution in [0.3, 0.4) is 0 Å². The number of carbonyl (C=O) groups is 2. The van der Waals surface area contributed by atoms with Crippen molar-refractivity contribution in [2.75, 3.05) is 44.8 Å². The van der Waals surface area contributed by atoms with Gasteiger partial charge in [0.1, 0.15) is 10.6 Å². The van der Waals surface area contributed by atoms with Crippen LogP contribution in [0.25, 0.3) is 0 Å². The molecule has 132 valence electrons. The van der Waals surface area contributed by atoms with Crippen molar-refractivity contribution in [3.8, 4) is 5.75 Å². The van der Waals surface area contributed by atoms with Crippen molar-refractivity contribution >= 4 is 28.9 Å². The molecular formula is C18H20N2O4S. The fraction of sp³-hybridized carbons (Fsp3) is 0.333. The van der Waals surface area contributed by atoms with Crippen LogP contribution < -0.4 is 9.64 Å². The summed E-state index contributed by atoms with van der Waals surface area (Å²) in [5, 5.41) is 1.80. The zero-order chi connectivity index (χ0) is 17.6. The molecule has 3 rings (SSSR count). The first-order chi connectivity index (χ1) is 12.2. The molecule has 0 aliphatic carbocycles. The number of methoxy groups -OCH3 is 1. The number of rotatable bonds is 5. The molecule has 0 N–H and O–H groups in total. The first kappa shape index (κ1) is 17.3. The molecule has 7 heteroatoms. The van der Waals surface area contributed by atoms with E-state index in [0.717, 1.165) is 11.4 Å². The van der Waals surface area contributed by atoms with Crippen LogP contribution >= 0.6 is 11.3 Å². The van der Waals surface area contributed by atoms with Gasteiger partial charge < -0.3 is 19.3 Å². The minimum atomic E-state index is -0.448. The average molecular weight is 360 g/mol. The third-order valence-electron chi connectivity index (χ3n) is 4.11. The smallest absolute Gasteiger partial charge is 0.348 e. The summed E-state index contributed by atoms with van der Waals surface area (Å²) >= 11 is 1.30. The predicted molar refractivity (Wildman–Crippen MR) is 96.4 cm³/mol. The normalized spacial score (nSPS) is 14.3. The van der Waals surface area contributed by atoms with Gasteiger partial charge in [-0.25, -0.2) is 4.79 Å². The lowest BCUT2D eigenvalue weighted by atomic mass is 10.2. The molecule has 1 aromatic carbocycles. The molecular weight excluding hydrogens is 340 g/mol. The van der Waals surface area contributed by atoms with Gasteiger partial charge in [-0.15, -0.1) is 11.3 Å². The van der Waals surface area contributed by atoms with Gasteiger partial charge in [-0.05, 0) is 23.6 Å². The molecule has 1 aromatic heterocycles. The highest BCUT2D eigenvalue weighted by atomic mass is 32.1. The standard InChI is InChI=1S/C18H20N2O4S/c1-23-15-6-3-2-5-14(15)19-8-10-20(11-9-19)17(21)13-24-18(22)16-7-4-12-25-16/h2-7,12H,8-11,13H2,1H3. The summed E-state index contributed by atoms with van der Waals surface area (Å²) < 4.78 is 10.5. The van der Waals surface area contributed by atoms with E-state index in [2.05, 4.69) is 4.90 Å². The first-order valence-electron chi connectivity index (χ1n) is 8.05. The van der Waals surface area contributed by atoms with Gasteiger partial charge in [0, 0.05) is 26.2 Å². The molecule has 1 aliphatic rings. The van der Waals surface area contributed by atoms with Crippen LogP contribution in [0.15, 0.2) is 41.8 Å². The van der Waals surface area contributed by atoms with E-state index in [4.69, 9.17) is 9.47 Å².